The third-order valence-electron chi connectivity index (χ3n) is 4.32. The maximum absolute atomic E-state index is 12.9. The van der Waals surface area contributed by atoms with Crippen molar-refractivity contribution in [1.29, 1.82) is 0 Å². The zero-order chi connectivity index (χ0) is 16.9. The van der Waals surface area contributed by atoms with Gasteiger partial charge in [-0.15, -0.1) is 0 Å². The van der Waals surface area contributed by atoms with E-state index < -0.39 is 0 Å². The fraction of sp³-hybridized carbons (Fsp3) is 0.444. The Morgan fingerprint density at radius 2 is 2.17 bits per heavy atom. The van der Waals surface area contributed by atoms with Crippen molar-refractivity contribution in [2.24, 2.45) is 0 Å². The summed E-state index contributed by atoms with van der Waals surface area (Å²) in [6.07, 6.45) is 2.87. The average Bonchev–Trinajstić information content (AvgIpc) is 3.10. The lowest BCUT2D eigenvalue weighted by Gasteiger charge is -2.33. The van der Waals surface area contributed by atoms with E-state index in [1.54, 1.807) is 12.1 Å². The summed E-state index contributed by atoms with van der Waals surface area (Å²) < 4.78 is 5.34. The van der Waals surface area contributed by atoms with Crippen molar-refractivity contribution in [2.75, 3.05) is 19.6 Å². The van der Waals surface area contributed by atoms with Crippen LogP contribution in [0.3, 0.4) is 0 Å². The highest BCUT2D eigenvalue weighted by molar-refractivity contribution is 6.30. The van der Waals surface area contributed by atoms with Gasteiger partial charge in [0.1, 0.15) is 5.69 Å². The Bertz CT molecular complexity index is 695. The Balaban J connectivity index is 1.80. The number of piperidine rings is 1. The van der Waals surface area contributed by atoms with Crippen molar-refractivity contribution in [1.82, 2.24) is 15.4 Å². The Labute approximate surface area is 147 Å². The van der Waals surface area contributed by atoms with Crippen LogP contribution in [0.5, 0.6) is 0 Å². The van der Waals surface area contributed by atoms with E-state index in [0.717, 1.165) is 44.5 Å². The minimum atomic E-state index is -0.0791. The van der Waals surface area contributed by atoms with Crippen molar-refractivity contribution >= 4 is 17.5 Å². The van der Waals surface area contributed by atoms with E-state index in [0.29, 0.717) is 10.7 Å². The van der Waals surface area contributed by atoms with Gasteiger partial charge in [-0.3, -0.25) is 4.79 Å². The molecule has 0 aliphatic carbocycles. The fourth-order valence-electron chi connectivity index (χ4n) is 3.11. The second-order valence-electron chi connectivity index (χ2n) is 6.07. The van der Waals surface area contributed by atoms with Gasteiger partial charge in [0.05, 0.1) is 0 Å². The van der Waals surface area contributed by atoms with Gasteiger partial charge in [0.15, 0.2) is 0 Å². The molecule has 1 amide bonds. The lowest BCUT2D eigenvalue weighted by atomic mass is 10.0. The minimum absolute atomic E-state index is 0.0791. The van der Waals surface area contributed by atoms with Gasteiger partial charge in [0.25, 0.3) is 5.91 Å². The molecule has 1 N–H and O–H groups in total. The number of amides is 1. The molecule has 0 atom stereocenters. The molecule has 1 aliphatic heterocycles. The average molecular weight is 348 g/mol. The largest absolute Gasteiger partial charge is 0.350 e. The number of rotatable bonds is 5. The van der Waals surface area contributed by atoms with Gasteiger partial charge in [0.2, 0.25) is 5.76 Å². The predicted octanol–water partition coefficient (Wildman–Crippen LogP) is 3.60. The second-order valence-corrected chi connectivity index (χ2v) is 6.50. The van der Waals surface area contributed by atoms with Crippen molar-refractivity contribution in [3.63, 3.8) is 0 Å². The van der Waals surface area contributed by atoms with Crippen LogP contribution in [0.1, 0.15) is 36.7 Å². The highest BCUT2D eigenvalue weighted by Crippen LogP contribution is 2.24. The zero-order valence-electron chi connectivity index (χ0n) is 13.8. The van der Waals surface area contributed by atoms with Gasteiger partial charge in [-0.2, -0.15) is 0 Å². The van der Waals surface area contributed by atoms with Crippen molar-refractivity contribution in [3.8, 4) is 11.3 Å². The third kappa shape index (κ3) is 3.79. The third-order valence-corrected chi connectivity index (χ3v) is 4.55. The lowest BCUT2D eigenvalue weighted by molar-refractivity contribution is 0.0600. The van der Waals surface area contributed by atoms with Gasteiger partial charge in [-0.1, -0.05) is 35.8 Å². The Morgan fingerprint density at radius 3 is 2.88 bits per heavy atom. The molecule has 0 saturated carbocycles. The van der Waals surface area contributed by atoms with Crippen molar-refractivity contribution < 1.29 is 9.32 Å². The summed E-state index contributed by atoms with van der Waals surface area (Å²) in [7, 11) is 0. The molecule has 0 bridgehead atoms. The van der Waals surface area contributed by atoms with Gasteiger partial charge in [-0.05, 0) is 44.5 Å². The number of hydrogen-bond donors (Lipinski definition) is 1. The molecule has 2 heterocycles. The first kappa shape index (κ1) is 17.0. The number of carbonyl (C=O) groups is 1. The van der Waals surface area contributed by atoms with Crippen LogP contribution in [-0.2, 0) is 0 Å². The second kappa shape index (κ2) is 7.81. The molecule has 5 nitrogen and oxygen atoms in total. The molecule has 2 aromatic rings. The van der Waals surface area contributed by atoms with Crippen molar-refractivity contribution in [2.45, 2.75) is 32.2 Å². The molecule has 6 heteroatoms. The lowest BCUT2D eigenvalue weighted by Crippen LogP contribution is -2.46. The minimum Gasteiger partial charge on any atom is -0.350 e. The molecule has 0 spiro atoms. The Kier molecular flexibility index (Phi) is 5.53. The van der Waals surface area contributed by atoms with Crippen LogP contribution in [-0.4, -0.2) is 41.6 Å². The number of aromatic nitrogens is 1. The molecule has 3 rings (SSSR count). The Hall–Kier alpha value is -1.85. The van der Waals surface area contributed by atoms with E-state index >= 15 is 0 Å². The normalized spacial score (nSPS) is 15.4. The Morgan fingerprint density at radius 1 is 1.38 bits per heavy atom. The number of halogens is 1. The summed E-state index contributed by atoms with van der Waals surface area (Å²) in [6.45, 7) is 4.71. The van der Waals surface area contributed by atoms with Gasteiger partial charge < -0.3 is 14.7 Å². The molecule has 128 valence electrons. The predicted molar refractivity (Wildman–Crippen MR) is 94.2 cm³/mol. The number of nitrogens with one attached hydrogen (secondary N) is 1. The molecule has 1 aromatic carbocycles. The monoisotopic (exact) mass is 347 g/mol. The van der Waals surface area contributed by atoms with Gasteiger partial charge in [0, 0.05) is 29.2 Å². The van der Waals surface area contributed by atoms with Crippen LogP contribution in [0.4, 0.5) is 0 Å². The first-order chi connectivity index (χ1) is 11.7. The molecule has 1 saturated heterocycles. The quantitative estimate of drug-likeness (QED) is 0.897. The maximum Gasteiger partial charge on any atom is 0.292 e. The van der Waals surface area contributed by atoms with E-state index in [4.69, 9.17) is 16.1 Å². The summed E-state index contributed by atoms with van der Waals surface area (Å²) in [5.74, 6) is 0.210. The van der Waals surface area contributed by atoms with Gasteiger partial charge >= 0.3 is 0 Å². The van der Waals surface area contributed by atoms with E-state index in [2.05, 4.69) is 17.4 Å². The number of nitrogens with zero attached hydrogens (tertiary/aromatic N) is 2. The van der Waals surface area contributed by atoms with Gasteiger partial charge in [-0.25, -0.2) is 0 Å². The van der Waals surface area contributed by atoms with Crippen LogP contribution in [0.2, 0.25) is 5.02 Å². The van der Waals surface area contributed by atoms with Crippen LogP contribution >= 0.6 is 11.6 Å². The van der Waals surface area contributed by atoms with Crippen LogP contribution < -0.4 is 5.32 Å². The van der Waals surface area contributed by atoms with E-state index in [1.165, 1.54) is 0 Å². The zero-order valence-corrected chi connectivity index (χ0v) is 14.6. The fourth-order valence-corrected chi connectivity index (χ4v) is 3.30. The SMILES string of the molecule is CCCN(C(=O)c1cc(-c2cccc(Cl)c2)no1)C1CCNCC1. The molecule has 24 heavy (non-hydrogen) atoms. The number of carbonyl (C=O) groups excluding carboxylic acids is 1. The van der Waals surface area contributed by atoms with Crippen LogP contribution in [0, 0.1) is 0 Å². The first-order valence-electron chi connectivity index (χ1n) is 8.43. The summed E-state index contributed by atoms with van der Waals surface area (Å²) in [5, 5.41) is 8.01. The first-order valence-corrected chi connectivity index (χ1v) is 8.81. The summed E-state index contributed by atoms with van der Waals surface area (Å²) >= 11 is 6.02. The molecule has 1 aliphatic rings. The van der Waals surface area contributed by atoms with Crippen LogP contribution in [0.25, 0.3) is 11.3 Å². The molecular formula is C18H22ClN3O2. The van der Waals surface area contributed by atoms with E-state index in [1.807, 2.05) is 23.1 Å². The van der Waals surface area contributed by atoms with Crippen LogP contribution in [0.15, 0.2) is 34.9 Å². The summed E-state index contributed by atoms with van der Waals surface area (Å²) in [6, 6.07) is 9.33. The standard InChI is InChI=1S/C18H22ClN3O2/c1-2-10-22(15-6-8-20-9-7-15)18(23)17-12-16(21-24-17)13-4-3-5-14(19)11-13/h3-5,11-12,15,20H,2,6-10H2,1H3. The molecular weight excluding hydrogens is 326 g/mol. The van der Waals surface area contributed by atoms with Crippen molar-refractivity contribution in [3.05, 3.63) is 41.1 Å². The molecule has 1 aromatic heterocycles. The number of hydrogen-bond acceptors (Lipinski definition) is 4. The van der Waals surface area contributed by atoms with E-state index in [-0.39, 0.29) is 17.7 Å². The molecule has 0 radical (unpaired) electrons. The smallest absolute Gasteiger partial charge is 0.292 e. The topological polar surface area (TPSA) is 58.4 Å². The maximum atomic E-state index is 12.9. The van der Waals surface area contributed by atoms with E-state index in [9.17, 15) is 4.79 Å². The summed E-state index contributed by atoms with van der Waals surface area (Å²) in [5.41, 5.74) is 1.47. The number of benzene rings is 1. The molecule has 0 unspecified atom stereocenters. The summed E-state index contributed by atoms with van der Waals surface area (Å²) in [4.78, 5) is 14.8. The molecule has 1 fully saturated rings. The highest BCUT2D eigenvalue weighted by Gasteiger charge is 2.28. The highest BCUT2D eigenvalue weighted by atomic mass is 35.5.